The minimum Gasteiger partial charge on any atom is -0.496 e. The Morgan fingerprint density at radius 1 is 1.15 bits per heavy atom. The molecule has 7 nitrogen and oxygen atoms in total. The molecule has 0 saturated carbocycles. The van der Waals surface area contributed by atoms with E-state index in [2.05, 4.69) is 15.4 Å². The second-order valence-corrected chi connectivity index (χ2v) is 7.93. The highest BCUT2D eigenvalue weighted by Crippen LogP contribution is 2.29. The molecule has 0 unspecified atom stereocenters. The minimum absolute atomic E-state index is 0.0186. The van der Waals surface area contributed by atoms with Crippen LogP contribution in [0.5, 0.6) is 5.75 Å². The van der Waals surface area contributed by atoms with Crippen LogP contribution in [0, 0.1) is 12.7 Å². The number of methoxy groups -OCH3 is 1. The third kappa shape index (κ3) is 4.48. The third-order valence-corrected chi connectivity index (χ3v) is 5.49. The summed E-state index contributed by atoms with van der Waals surface area (Å²) < 4.78 is 20.6. The lowest BCUT2D eigenvalue weighted by molar-refractivity contribution is 0.102. The molecule has 4 rings (SSSR count). The molecule has 0 atom stereocenters. The van der Waals surface area contributed by atoms with Crippen LogP contribution in [0.25, 0.3) is 17.1 Å². The number of amides is 1. The molecule has 168 valence electrons. The molecular weight excluding hydrogens is 470 g/mol. The van der Waals surface area contributed by atoms with Crippen molar-refractivity contribution in [3.63, 3.8) is 0 Å². The molecule has 10 heteroatoms. The average molecular weight is 487 g/mol. The van der Waals surface area contributed by atoms with E-state index in [1.807, 2.05) is 6.92 Å². The van der Waals surface area contributed by atoms with Crippen molar-refractivity contribution in [1.82, 2.24) is 14.8 Å². The van der Waals surface area contributed by atoms with Crippen molar-refractivity contribution in [3.05, 3.63) is 92.1 Å². The van der Waals surface area contributed by atoms with E-state index in [1.165, 1.54) is 43.5 Å². The van der Waals surface area contributed by atoms with Gasteiger partial charge >= 0.3 is 5.69 Å². The Labute approximate surface area is 197 Å². The maximum Gasteiger partial charge on any atom is 0.348 e. The summed E-state index contributed by atoms with van der Waals surface area (Å²) in [5.74, 6) is -0.855. The molecule has 0 fully saturated rings. The molecule has 0 aliphatic rings. The molecule has 1 amide bonds. The summed E-state index contributed by atoms with van der Waals surface area (Å²) in [7, 11) is 1.40. The number of hydrogen-bond donors (Lipinski definition) is 2. The van der Waals surface area contributed by atoms with E-state index in [0.717, 1.165) is 10.2 Å². The number of hydrogen-bond acceptors (Lipinski definition) is 4. The van der Waals surface area contributed by atoms with Gasteiger partial charge in [0.2, 0.25) is 0 Å². The van der Waals surface area contributed by atoms with E-state index in [1.54, 1.807) is 18.2 Å². The van der Waals surface area contributed by atoms with E-state index in [9.17, 15) is 14.0 Å². The fraction of sp³-hybridized carbons (Fsp3) is 0.0870. The number of halogens is 3. The van der Waals surface area contributed by atoms with Crippen LogP contribution < -0.4 is 15.7 Å². The van der Waals surface area contributed by atoms with Crippen LogP contribution in [-0.4, -0.2) is 27.8 Å². The van der Waals surface area contributed by atoms with Gasteiger partial charge in [-0.15, -0.1) is 5.10 Å². The van der Waals surface area contributed by atoms with Gasteiger partial charge in [-0.3, -0.25) is 9.78 Å². The van der Waals surface area contributed by atoms with Gasteiger partial charge in [0.1, 0.15) is 11.6 Å². The van der Waals surface area contributed by atoms with Crippen molar-refractivity contribution in [3.8, 4) is 22.8 Å². The zero-order chi connectivity index (χ0) is 23.7. The van der Waals surface area contributed by atoms with Crippen molar-refractivity contribution >= 4 is 34.8 Å². The maximum absolute atomic E-state index is 14.2. The second-order valence-electron chi connectivity index (χ2n) is 7.09. The molecule has 0 radical (unpaired) electrons. The number of benzene rings is 3. The predicted molar refractivity (Wildman–Crippen MR) is 125 cm³/mol. The first-order valence-corrected chi connectivity index (χ1v) is 10.4. The fourth-order valence-electron chi connectivity index (χ4n) is 3.25. The Morgan fingerprint density at radius 3 is 2.67 bits per heavy atom. The third-order valence-electron chi connectivity index (χ3n) is 4.94. The van der Waals surface area contributed by atoms with E-state index >= 15 is 0 Å². The number of nitrogens with one attached hydrogen (secondary N) is 2. The number of carbonyl (C=O) groups is 1. The number of aromatic amines is 1. The molecule has 0 spiro atoms. The Morgan fingerprint density at radius 2 is 1.94 bits per heavy atom. The topological polar surface area (TPSA) is 89.0 Å². The quantitative estimate of drug-likeness (QED) is 0.403. The largest absolute Gasteiger partial charge is 0.496 e. The number of anilines is 1. The molecule has 33 heavy (non-hydrogen) atoms. The fourth-order valence-corrected chi connectivity index (χ4v) is 3.68. The number of aryl methyl sites for hydroxylation is 1. The van der Waals surface area contributed by atoms with Crippen LogP contribution in [0.4, 0.5) is 10.1 Å². The molecule has 4 aromatic rings. The van der Waals surface area contributed by atoms with E-state index in [-0.39, 0.29) is 27.7 Å². The Balaban J connectivity index is 1.69. The van der Waals surface area contributed by atoms with Crippen molar-refractivity contribution < 1.29 is 13.9 Å². The Kier molecular flexibility index (Phi) is 6.22. The molecule has 0 saturated heterocycles. The highest BCUT2D eigenvalue weighted by atomic mass is 35.5. The number of aromatic nitrogens is 3. The highest BCUT2D eigenvalue weighted by Gasteiger charge is 2.19. The zero-order valence-electron chi connectivity index (χ0n) is 17.4. The van der Waals surface area contributed by atoms with E-state index in [4.69, 9.17) is 27.9 Å². The van der Waals surface area contributed by atoms with E-state index < -0.39 is 17.4 Å². The molecule has 3 aromatic carbocycles. The Bertz CT molecular complexity index is 1410. The van der Waals surface area contributed by atoms with Crippen molar-refractivity contribution in [2.75, 3.05) is 12.4 Å². The Hall–Kier alpha value is -3.62. The minimum atomic E-state index is -0.621. The average Bonchev–Trinajstić information content (AvgIpc) is 3.16. The molecule has 1 aromatic heterocycles. The summed E-state index contributed by atoms with van der Waals surface area (Å²) in [5.41, 5.74) is 1.32. The SMILES string of the molecule is COc1cc(-n2nc(-c3c(F)cccc3Cl)[nH]c2=O)ccc1C(=O)Nc1cc(Cl)ccc1C. The molecule has 0 aliphatic carbocycles. The molecule has 1 heterocycles. The van der Waals surface area contributed by atoms with Crippen LogP contribution in [0.3, 0.4) is 0 Å². The van der Waals surface area contributed by atoms with Gasteiger partial charge < -0.3 is 10.1 Å². The highest BCUT2D eigenvalue weighted by molar-refractivity contribution is 6.33. The lowest BCUT2D eigenvalue weighted by Crippen LogP contribution is -2.17. The first kappa shape index (κ1) is 22.6. The van der Waals surface area contributed by atoms with Crippen molar-refractivity contribution in [2.45, 2.75) is 6.92 Å². The molecular formula is C23H17Cl2FN4O3. The lowest BCUT2D eigenvalue weighted by Gasteiger charge is -2.12. The zero-order valence-corrected chi connectivity index (χ0v) is 19.0. The van der Waals surface area contributed by atoms with Crippen LogP contribution >= 0.6 is 23.2 Å². The van der Waals surface area contributed by atoms with Crippen LogP contribution in [0.15, 0.2) is 59.4 Å². The second kappa shape index (κ2) is 9.09. The number of carbonyl (C=O) groups excluding carboxylic acids is 1. The normalized spacial score (nSPS) is 10.8. The number of ether oxygens (including phenoxy) is 1. The first-order valence-electron chi connectivity index (χ1n) is 9.68. The van der Waals surface area contributed by atoms with Gasteiger partial charge in [-0.1, -0.05) is 35.3 Å². The van der Waals surface area contributed by atoms with Gasteiger partial charge in [-0.05, 0) is 48.9 Å². The summed E-state index contributed by atoms with van der Waals surface area (Å²) in [6, 6.07) is 13.8. The maximum atomic E-state index is 14.2. The number of nitrogens with zero attached hydrogens (tertiary/aromatic N) is 2. The standard InChI is InChI=1S/C23H17Cl2FN4O3/c1-12-6-7-13(24)10-18(12)27-22(31)15-9-8-14(11-19(15)33-2)30-23(32)28-21(29-30)20-16(25)4-3-5-17(20)26/h3-11H,1-2H3,(H,27,31)(H,28,29,32). The predicted octanol–water partition coefficient (Wildman–Crippen LogP) is 5.24. The van der Waals surface area contributed by atoms with Gasteiger partial charge in [-0.2, -0.15) is 4.68 Å². The summed E-state index contributed by atoms with van der Waals surface area (Å²) in [6.07, 6.45) is 0. The van der Waals surface area contributed by atoms with E-state index in [0.29, 0.717) is 16.4 Å². The van der Waals surface area contributed by atoms with Crippen LogP contribution in [0.1, 0.15) is 15.9 Å². The van der Waals surface area contributed by atoms with Gasteiger partial charge in [0, 0.05) is 16.8 Å². The van der Waals surface area contributed by atoms with Crippen LogP contribution in [0.2, 0.25) is 10.0 Å². The molecule has 0 aliphatic heterocycles. The van der Waals surface area contributed by atoms with Gasteiger partial charge in [0.25, 0.3) is 5.91 Å². The monoisotopic (exact) mass is 486 g/mol. The smallest absolute Gasteiger partial charge is 0.348 e. The molecule has 2 N–H and O–H groups in total. The van der Waals surface area contributed by atoms with Gasteiger partial charge in [0.05, 0.1) is 28.9 Å². The first-order chi connectivity index (χ1) is 15.8. The van der Waals surface area contributed by atoms with Crippen molar-refractivity contribution in [1.29, 1.82) is 0 Å². The number of rotatable bonds is 5. The number of H-pyrrole nitrogens is 1. The molecule has 0 bridgehead atoms. The summed E-state index contributed by atoms with van der Waals surface area (Å²) in [5, 5.41) is 7.56. The van der Waals surface area contributed by atoms with Crippen LogP contribution in [-0.2, 0) is 0 Å². The summed E-state index contributed by atoms with van der Waals surface area (Å²) in [4.78, 5) is 27.9. The van der Waals surface area contributed by atoms with Gasteiger partial charge in [0.15, 0.2) is 5.82 Å². The van der Waals surface area contributed by atoms with Gasteiger partial charge in [-0.25, -0.2) is 9.18 Å². The summed E-state index contributed by atoms with van der Waals surface area (Å²) in [6.45, 7) is 1.84. The summed E-state index contributed by atoms with van der Waals surface area (Å²) >= 11 is 12.1. The van der Waals surface area contributed by atoms with Crippen molar-refractivity contribution in [2.24, 2.45) is 0 Å². The lowest BCUT2D eigenvalue weighted by atomic mass is 10.1.